The predicted octanol–water partition coefficient (Wildman–Crippen LogP) is -0.929. The first kappa shape index (κ1) is 35.2. The fraction of sp³-hybridized carbons (Fsp3) is 0.654. The molecule has 0 aliphatic carbocycles. The molecule has 220 valence electrons. The molecule has 0 aliphatic heterocycles. The van der Waals surface area contributed by atoms with Crippen LogP contribution < -0.4 is 31.9 Å². The standard InChI is InChI=1S/C26H44N6O7/c1-18(2)17-32-26(39)11-16-31-25(38)10-15-30-24(37)9-14-29-23(36)8-13-28-22(35)7-12-27-21(34)6-5-20(33)19(3)4/h5-6,18-19H,7-17H2,1-4H3,(H,27,34)(H,28,35)(H,29,36)(H,30,37)(H,31,38)(H,32,39)/b6-5+. The summed E-state index contributed by atoms with van der Waals surface area (Å²) < 4.78 is 0. The quantitative estimate of drug-likeness (QED) is 0.105. The lowest BCUT2D eigenvalue weighted by molar-refractivity contribution is -0.124. The van der Waals surface area contributed by atoms with Crippen LogP contribution in [0.1, 0.15) is 59.8 Å². The van der Waals surface area contributed by atoms with Gasteiger partial charge in [0, 0.05) is 83.4 Å². The third-order valence-electron chi connectivity index (χ3n) is 5.02. The first-order chi connectivity index (χ1) is 18.4. The minimum atomic E-state index is -0.471. The summed E-state index contributed by atoms with van der Waals surface area (Å²) in [6, 6.07) is 0. The highest BCUT2D eigenvalue weighted by atomic mass is 16.2. The van der Waals surface area contributed by atoms with Gasteiger partial charge in [-0.2, -0.15) is 0 Å². The lowest BCUT2D eigenvalue weighted by Gasteiger charge is -2.09. The Balaban J connectivity index is 3.79. The SMILES string of the molecule is CC(C)CNC(=O)CCNC(=O)CCNC(=O)CCNC(=O)CCNC(=O)CCNC(=O)/C=C/C(=O)C(C)C. The number of carbonyl (C=O) groups is 7. The van der Waals surface area contributed by atoms with E-state index < -0.39 is 5.91 Å². The molecule has 0 aromatic rings. The van der Waals surface area contributed by atoms with Crippen LogP contribution in [-0.4, -0.2) is 80.5 Å². The zero-order valence-corrected chi connectivity index (χ0v) is 23.4. The van der Waals surface area contributed by atoms with Gasteiger partial charge in [-0.05, 0) is 12.0 Å². The zero-order chi connectivity index (χ0) is 29.6. The van der Waals surface area contributed by atoms with Crippen molar-refractivity contribution in [3.63, 3.8) is 0 Å². The van der Waals surface area contributed by atoms with Crippen molar-refractivity contribution in [2.75, 3.05) is 39.3 Å². The molecule has 0 unspecified atom stereocenters. The molecule has 0 radical (unpaired) electrons. The number of ketones is 1. The van der Waals surface area contributed by atoms with E-state index in [0.717, 1.165) is 6.08 Å². The van der Waals surface area contributed by atoms with Crippen molar-refractivity contribution >= 4 is 41.2 Å². The van der Waals surface area contributed by atoms with Crippen LogP contribution >= 0.6 is 0 Å². The Morgan fingerprint density at radius 2 is 0.821 bits per heavy atom. The Kier molecular flexibility index (Phi) is 19.1. The highest BCUT2D eigenvalue weighted by Crippen LogP contribution is 1.95. The number of nitrogens with one attached hydrogen (secondary N) is 6. The van der Waals surface area contributed by atoms with Gasteiger partial charge in [0.25, 0.3) is 0 Å². The average molecular weight is 553 g/mol. The molecule has 0 fully saturated rings. The largest absolute Gasteiger partial charge is 0.356 e. The number of amides is 6. The minimum absolute atomic E-state index is 0.0190. The second-order valence-corrected chi connectivity index (χ2v) is 9.53. The van der Waals surface area contributed by atoms with E-state index in [1.54, 1.807) is 13.8 Å². The molecule has 0 aromatic carbocycles. The van der Waals surface area contributed by atoms with Gasteiger partial charge in [-0.15, -0.1) is 0 Å². The third-order valence-corrected chi connectivity index (χ3v) is 5.02. The van der Waals surface area contributed by atoms with Crippen molar-refractivity contribution in [2.24, 2.45) is 11.8 Å². The van der Waals surface area contributed by atoms with E-state index in [2.05, 4.69) is 31.9 Å². The minimum Gasteiger partial charge on any atom is -0.356 e. The van der Waals surface area contributed by atoms with Gasteiger partial charge in [0.05, 0.1) is 0 Å². The summed E-state index contributed by atoms with van der Waals surface area (Å²) in [5, 5.41) is 15.6. The monoisotopic (exact) mass is 552 g/mol. The molecular weight excluding hydrogens is 508 g/mol. The van der Waals surface area contributed by atoms with Crippen molar-refractivity contribution < 1.29 is 33.6 Å². The number of hydrogen-bond acceptors (Lipinski definition) is 7. The van der Waals surface area contributed by atoms with E-state index in [9.17, 15) is 33.6 Å². The van der Waals surface area contributed by atoms with Crippen molar-refractivity contribution in [1.29, 1.82) is 0 Å². The second-order valence-electron chi connectivity index (χ2n) is 9.53. The maximum atomic E-state index is 11.8. The summed E-state index contributed by atoms with van der Waals surface area (Å²) in [4.78, 5) is 81.8. The molecule has 0 rings (SSSR count). The number of allylic oxidation sites excluding steroid dienone is 1. The van der Waals surface area contributed by atoms with Gasteiger partial charge in [-0.3, -0.25) is 33.6 Å². The Hall–Kier alpha value is -3.77. The van der Waals surface area contributed by atoms with Crippen LogP contribution in [0.4, 0.5) is 0 Å². The van der Waals surface area contributed by atoms with E-state index in [0.29, 0.717) is 12.5 Å². The highest BCUT2D eigenvalue weighted by Gasteiger charge is 2.09. The van der Waals surface area contributed by atoms with Crippen LogP contribution in [0.2, 0.25) is 0 Å². The van der Waals surface area contributed by atoms with Gasteiger partial charge in [0.1, 0.15) is 0 Å². The molecule has 0 atom stereocenters. The molecule has 0 spiro atoms. The van der Waals surface area contributed by atoms with Crippen molar-refractivity contribution in [2.45, 2.75) is 59.8 Å². The van der Waals surface area contributed by atoms with Gasteiger partial charge >= 0.3 is 0 Å². The summed E-state index contributed by atoms with van der Waals surface area (Å²) in [5.41, 5.74) is 0. The molecule has 6 N–H and O–H groups in total. The smallest absolute Gasteiger partial charge is 0.244 e. The highest BCUT2D eigenvalue weighted by molar-refractivity contribution is 5.98. The van der Waals surface area contributed by atoms with Crippen LogP contribution in [0.15, 0.2) is 12.2 Å². The average Bonchev–Trinajstić information content (AvgIpc) is 2.85. The number of hydrogen-bond donors (Lipinski definition) is 6. The Morgan fingerprint density at radius 3 is 1.15 bits per heavy atom. The first-order valence-electron chi connectivity index (χ1n) is 13.2. The summed E-state index contributed by atoms with van der Waals surface area (Å²) in [6.07, 6.45) is 2.66. The second kappa shape index (κ2) is 21.2. The van der Waals surface area contributed by atoms with Crippen LogP contribution in [-0.2, 0) is 33.6 Å². The maximum absolute atomic E-state index is 11.8. The van der Waals surface area contributed by atoms with E-state index >= 15 is 0 Å². The zero-order valence-electron chi connectivity index (χ0n) is 23.4. The number of rotatable bonds is 20. The van der Waals surface area contributed by atoms with Gasteiger partial charge in [0.15, 0.2) is 5.78 Å². The summed E-state index contributed by atoms with van der Waals surface area (Å²) in [7, 11) is 0. The predicted molar refractivity (Wildman–Crippen MR) is 145 cm³/mol. The molecule has 39 heavy (non-hydrogen) atoms. The van der Waals surface area contributed by atoms with Crippen molar-refractivity contribution in [3.8, 4) is 0 Å². The van der Waals surface area contributed by atoms with E-state index in [1.165, 1.54) is 6.08 Å². The number of carbonyl (C=O) groups excluding carboxylic acids is 7. The van der Waals surface area contributed by atoms with Crippen molar-refractivity contribution in [1.82, 2.24) is 31.9 Å². The van der Waals surface area contributed by atoms with Crippen molar-refractivity contribution in [3.05, 3.63) is 12.2 Å². The molecule has 0 heterocycles. The Labute approximate surface area is 230 Å². The summed E-state index contributed by atoms with van der Waals surface area (Å²) >= 11 is 0. The molecule has 13 nitrogen and oxygen atoms in total. The van der Waals surface area contributed by atoms with Crippen LogP contribution in [0.3, 0.4) is 0 Å². The molecule has 0 saturated carbocycles. The molecule has 0 bridgehead atoms. The summed E-state index contributed by atoms with van der Waals surface area (Å²) in [6.45, 7) is 8.65. The van der Waals surface area contributed by atoms with Crippen LogP contribution in [0, 0.1) is 11.8 Å². The first-order valence-corrected chi connectivity index (χ1v) is 13.2. The lowest BCUT2D eigenvalue weighted by atomic mass is 10.1. The van der Waals surface area contributed by atoms with Gasteiger partial charge in [-0.1, -0.05) is 27.7 Å². The summed E-state index contributed by atoms with van der Waals surface area (Å²) in [5.74, 6) is -1.91. The van der Waals surface area contributed by atoms with Crippen LogP contribution in [0.5, 0.6) is 0 Å². The van der Waals surface area contributed by atoms with Crippen LogP contribution in [0.25, 0.3) is 0 Å². The molecule has 0 aromatic heterocycles. The van der Waals surface area contributed by atoms with Gasteiger partial charge in [-0.25, -0.2) is 0 Å². The molecule has 0 aliphatic rings. The Morgan fingerprint density at radius 1 is 0.487 bits per heavy atom. The van der Waals surface area contributed by atoms with Gasteiger partial charge in [0.2, 0.25) is 35.4 Å². The fourth-order valence-corrected chi connectivity index (χ4v) is 2.73. The normalized spacial score (nSPS) is 10.7. The van der Waals surface area contributed by atoms with E-state index in [4.69, 9.17) is 0 Å². The van der Waals surface area contributed by atoms with E-state index in [1.807, 2.05) is 13.8 Å². The molecular formula is C26H44N6O7. The fourth-order valence-electron chi connectivity index (χ4n) is 2.73. The molecule has 0 saturated heterocycles. The Bertz CT molecular complexity index is 871. The lowest BCUT2D eigenvalue weighted by Crippen LogP contribution is -2.36. The maximum Gasteiger partial charge on any atom is 0.244 e. The third kappa shape index (κ3) is 22.0. The molecule has 13 heteroatoms. The van der Waals surface area contributed by atoms with E-state index in [-0.39, 0.29) is 106 Å². The van der Waals surface area contributed by atoms with Gasteiger partial charge < -0.3 is 31.9 Å². The topological polar surface area (TPSA) is 192 Å². The molecule has 6 amide bonds.